The lowest BCUT2D eigenvalue weighted by atomic mass is 9.92. The van der Waals surface area contributed by atoms with E-state index >= 15 is 0 Å². The molecule has 28 heavy (non-hydrogen) atoms. The summed E-state index contributed by atoms with van der Waals surface area (Å²) in [4.78, 5) is 16.8. The molecule has 0 spiro atoms. The largest absolute Gasteiger partial charge is 0.491 e. The van der Waals surface area contributed by atoms with Crippen LogP contribution in [0.1, 0.15) is 38.8 Å². The molecule has 3 N–H and O–H groups in total. The summed E-state index contributed by atoms with van der Waals surface area (Å²) in [6, 6.07) is 6.09. The first kappa shape index (κ1) is 23.8. The normalized spacial score (nSPS) is 11.9. The van der Waals surface area contributed by atoms with Crippen molar-refractivity contribution < 1.29 is 14.3 Å². The van der Waals surface area contributed by atoms with Crippen LogP contribution < -0.4 is 20.7 Å². The van der Waals surface area contributed by atoms with E-state index < -0.39 is 5.41 Å². The number of ether oxygens (including phenoxy) is 2. The van der Waals surface area contributed by atoms with Crippen molar-refractivity contribution in [2.24, 2.45) is 10.4 Å². The number of methoxy groups -OCH3 is 1. The van der Waals surface area contributed by atoms with Crippen LogP contribution in [0.4, 0.5) is 0 Å². The third-order valence-electron chi connectivity index (χ3n) is 4.17. The van der Waals surface area contributed by atoms with Crippen LogP contribution in [0.3, 0.4) is 0 Å². The molecule has 0 fully saturated rings. The van der Waals surface area contributed by atoms with Gasteiger partial charge in [0, 0.05) is 32.3 Å². The second kappa shape index (κ2) is 12.2. The van der Waals surface area contributed by atoms with Gasteiger partial charge in [-0.2, -0.15) is 0 Å². The zero-order valence-corrected chi connectivity index (χ0v) is 18.1. The molecule has 0 aromatic heterocycles. The molecule has 0 aliphatic carbocycles. The average molecular weight is 393 g/mol. The number of rotatable bonds is 11. The minimum Gasteiger partial charge on any atom is -0.491 e. The van der Waals surface area contributed by atoms with Crippen molar-refractivity contribution in [1.29, 1.82) is 0 Å². The van der Waals surface area contributed by atoms with Crippen LogP contribution in [-0.4, -0.2) is 51.8 Å². The van der Waals surface area contributed by atoms with Gasteiger partial charge in [0.05, 0.1) is 18.6 Å². The van der Waals surface area contributed by atoms with Crippen molar-refractivity contribution in [3.63, 3.8) is 0 Å². The summed E-state index contributed by atoms with van der Waals surface area (Å²) in [5.74, 6) is 1.51. The number of hydrogen-bond donors (Lipinski definition) is 3. The second-order valence-corrected chi connectivity index (χ2v) is 7.24. The van der Waals surface area contributed by atoms with Crippen molar-refractivity contribution in [2.45, 2.75) is 41.2 Å². The third kappa shape index (κ3) is 8.17. The minimum atomic E-state index is -0.537. The minimum absolute atomic E-state index is 0.0192. The van der Waals surface area contributed by atoms with Crippen molar-refractivity contribution in [1.82, 2.24) is 16.0 Å². The number of nitrogens with one attached hydrogen (secondary N) is 3. The summed E-state index contributed by atoms with van der Waals surface area (Å²) in [7, 11) is 1.65. The number of benzene rings is 1. The predicted molar refractivity (Wildman–Crippen MR) is 114 cm³/mol. The molecule has 0 unspecified atom stereocenters. The van der Waals surface area contributed by atoms with Gasteiger partial charge in [0.15, 0.2) is 5.96 Å². The van der Waals surface area contributed by atoms with Crippen LogP contribution in [-0.2, 0) is 16.1 Å². The van der Waals surface area contributed by atoms with Crippen LogP contribution in [0.5, 0.6) is 5.75 Å². The molecule has 0 aliphatic rings. The Morgan fingerprint density at radius 2 is 1.82 bits per heavy atom. The SMILES string of the molecule is CCNC(=O)C(C)(C)CNC(=NCc1ccc(C)cc1OCCOC)NCC. The molecule has 7 heteroatoms. The van der Waals surface area contributed by atoms with Crippen LogP contribution in [0.15, 0.2) is 23.2 Å². The Morgan fingerprint density at radius 1 is 1.11 bits per heavy atom. The highest BCUT2D eigenvalue weighted by molar-refractivity contribution is 5.84. The average Bonchev–Trinajstić information content (AvgIpc) is 2.65. The van der Waals surface area contributed by atoms with E-state index in [1.165, 1.54) is 0 Å². The Balaban J connectivity index is 2.82. The molecule has 1 aromatic carbocycles. The van der Waals surface area contributed by atoms with Crippen LogP contribution in [0, 0.1) is 12.3 Å². The fraction of sp³-hybridized carbons (Fsp3) is 0.619. The van der Waals surface area contributed by atoms with E-state index in [4.69, 9.17) is 9.47 Å². The predicted octanol–water partition coefficient (Wildman–Crippen LogP) is 2.24. The van der Waals surface area contributed by atoms with Gasteiger partial charge in [0.25, 0.3) is 0 Å². The van der Waals surface area contributed by atoms with Gasteiger partial charge in [0.2, 0.25) is 5.91 Å². The molecule has 0 radical (unpaired) electrons. The van der Waals surface area contributed by atoms with Crippen LogP contribution >= 0.6 is 0 Å². The van der Waals surface area contributed by atoms with Crippen molar-refractivity contribution >= 4 is 11.9 Å². The van der Waals surface area contributed by atoms with E-state index in [0.717, 1.165) is 23.4 Å². The van der Waals surface area contributed by atoms with Crippen molar-refractivity contribution in [3.05, 3.63) is 29.3 Å². The highest BCUT2D eigenvalue weighted by Gasteiger charge is 2.27. The Hall–Kier alpha value is -2.28. The fourth-order valence-electron chi connectivity index (χ4n) is 2.45. The zero-order chi connectivity index (χ0) is 21.0. The third-order valence-corrected chi connectivity index (χ3v) is 4.17. The van der Waals surface area contributed by atoms with E-state index in [1.807, 2.05) is 52.8 Å². The first-order valence-electron chi connectivity index (χ1n) is 9.85. The smallest absolute Gasteiger partial charge is 0.227 e. The lowest BCUT2D eigenvalue weighted by Crippen LogP contribution is -2.47. The molecule has 1 aromatic rings. The first-order chi connectivity index (χ1) is 13.3. The Morgan fingerprint density at radius 3 is 2.46 bits per heavy atom. The van der Waals surface area contributed by atoms with Crippen LogP contribution in [0.2, 0.25) is 0 Å². The summed E-state index contributed by atoms with van der Waals surface area (Å²) in [5, 5.41) is 9.37. The van der Waals surface area contributed by atoms with Gasteiger partial charge in [-0.1, -0.05) is 12.1 Å². The molecular weight excluding hydrogens is 356 g/mol. The summed E-state index contributed by atoms with van der Waals surface area (Å²) < 4.78 is 10.9. The monoisotopic (exact) mass is 392 g/mol. The molecule has 7 nitrogen and oxygen atoms in total. The number of guanidine groups is 1. The number of amides is 1. The van der Waals surface area contributed by atoms with Gasteiger partial charge >= 0.3 is 0 Å². The van der Waals surface area contributed by atoms with Crippen molar-refractivity contribution in [3.8, 4) is 5.75 Å². The molecule has 0 saturated heterocycles. The van der Waals surface area contributed by atoms with E-state index in [1.54, 1.807) is 7.11 Å². The molecule has 0 atom stereocenters. The molecule has 0 heterocycles. The number of carbonyl (C=O) groups excluding carboxylic acids is 1. The molecule has 158 valence electrons. The number of carbonyl (C=O) groups is 1. The van der Waals surface area contributed by atoms with Crippen molar-refractivity contribution in [2.75, 3.05) is 40.0 Å². The highest BCUT2D eigenvalue weighted by atomic mass is 16.5. The Labute approximate surface area is 169 Å². The standard InChI is InChI=1S/C21H36N4O3/c1-7-22-19(26)21(4,5)15-25-20(23-8-2)24-14-17-10-9-16(3)13-18(17)28-12-11-27-6/h9-10,13H,7-8,11-12,14-15H2,1-6H3,(H,22,26)(H2,23,24,25). The summed E-state index contributed by atoms with van der Waals surface area (Å²) >= 11 is 0. The molecule has 0 saturated carbocycles. The lowest BCUT2D eigenvalue weighted by molar-refractivity contribution is -0.128. The number of aryl methyl sites for hydroxylation is 1. The van der Waals surface area contributed by atoms with Crippen LogP contribution in [0.25, 0.3) is 0 Å². The van der Waals surface area contributed by atoms with Gasteiger partial charge in [-0.3, -0.25) is 4.79 Å². The molecule has 1 amide bonds. The number of aliphatic imine (C=N–C) groups is 1. The molecule has 1 rings (SSSR count). The van der Waals surface area contributed by atoms with Gasteiger partial charge in [-0.15, -0.1) is 0 Å². The zero-order valence-electron chi connectivity index (χ0n) is 18.1. The van der Waals surface area contributed by atoms with Gasteiger partial charge in [0.1, 0.15) is 12.4 Å². The van der Waals surface area contributed by atoms with Gasteiger partial charge in [-0.05, 0) is 46.2 Å². The number of hydrogen-bond acceptors (Lipinski definition) is 4. The second-order valence-electron chi connectivity index (χ2n) is 7.24. The van der Waals surface area contributed by atoms with E-state index in [9.17, 15) is 4.79 Å². The maximum atomic E-state index is 12.2. The highest BCUT2D eigenvalue weighted by Crippen LogP contribution is 2.21. The molecule has 0 aliphatic heterocycles. The first-order valence-corrected chi connectivity index (χ1v) is 9.85. The quantitative estimate of drug-likeness (QED) is 0.306. The van der Waals surface area contributed by atoms with E-state index in [0.29, 0.717) is 38.8 Å². The summed E-state index contributed by atoms with van der Waals surface area (Å²) in [5.41, 5.74) is 1.60. The van der Waals surface area contributed by atoms with Gasteiger partial charge < -0.3 is 25.4 Å². The Kier molecular flexibility index (Phi) is 10.4. The summed E-state index contributed by atoms with van der Waals surface area (Å²) in [6.45, 7) is 13.1. The topological polar surface area (TPSA) is 84.0 Å². The lowest BCUT2D eigenvalue weighted by Gasteiger charge is -2.25. The maximum Gasteiger partial charge on any atom is 0.227 e. The Bertz CT molecular complexity index is 645. The number of nitrogens with zero attached hydrogens (tertiary/aromatic N) is 1. The maximum absolute atomic E-state index is 12.2. The van der Waals surface area contributed by atoms with E-state index in [-0.39, 0.29) is 5.91 Å². The molecule has 0 bridgehead atoms. The molecular formula is C21H36N4O3. The summed E-state index contributed by atoms with van der Waals surface area (Å²) in [6.07, 6.45) is 0. The van der Waals surface area contributed by atoms with E-state index in [2.05, 4.69) is 20.9 Å². The fourth-order valence-corrected chi connectivity index (χ4v) is 2.45. The van der Waals surface area contributed by atoms with Gasteiger partial charge in [-0.25, -0.2) is 4.99 Å².